The number of hydrogen-bond donors (Lipinski definition) is 3. The maximum atomic E-state index is 13.2. The lowest BCUT2D eigenvalue weighted by atomic mass is 9.69. The topological polar surface area (TPSA) is 141 Å². The van der Waals surface area contributed by atoms with E-state index in [-0.39, 0.29) is 42.1 Å². The van der Waals surface area contributed by atoms with E-state index in [1.807, 2.05) is 19.9 Å². The second-order valence-corrected chi connectivity index (χ2v) is 13.8. The van der Waals surface area contributed by atoms with Crippen molar-refractivity contribution in [1.82, 2.24) is 0 Å². The van der Waals surface area contributed by atoms with Gasteiger partial charge in [0.15, 0.2) is 5.79 Å². The lowest BCUT2D eigenvalue weighted by molar-refractivity contribution is -0.337. The minimum Gasteiger partial charge on any atom is -0.508 e. The molecule has 3 saturated heterocycles. The number of carbonyl (C=O) groups is 2. The van der Waals surface area contributed by atoms with Crippen molar-refractivity contribution >= 4 is 11.9 Å². The van der Waals surface area contributed by atoms with Crippen molar-refractivity contribution in [1.29, 1.82) is 0 Å². The Morgan fingerprint density at radius 1 is 1.07 bits per heavy atom. The van der Waals surface area contributed by atoms with E-state index in [4.69, 9.17) is 23.7 Å². The molecular formula is C33H50O10. The van der Waals surface area contributed by atoms with Crippen LogP contribution in [0.25, 0.3) is 0 Å². The molecule has 0 amide bonds. The molecule has 10 heteroatoms. The number of carbonyl (C=O) groups excluding carboxylic acids is 2. The first-order chi connectivity index (χ1) is 20.1. The highest BCUT2D eigenvalue weighted by molar-refractivity contribution is 5.73. The molecule has 3 aliphatic rings. The minimum atomic E-state index is -1.80. The molecule has 1 aromatic carbocycles. The minimum absolute atomic E-state index is 0.0317. The number of cyclic esters (lactones) is 1. The highest BCUT2D eigenvalue weighted by Gasteiger charge is 2.56. The van der Waals surface area contributed by atoms with Gasteiger partial charge < -0.3 is 39.0 Å². The normalized spacial score (nSPS) is 37.0. The summed E-state index contributed by atoms with van der Waals surface area (Å²) in [7, 11) is 1.65. The molecule has 4 rings (SSSR count). The van der Waals surface area contributed by atoms with E-state index in [2.05, 4.69) is 20.8 Å². The van der Waals surface area contributed by atoms with E-state index in [1.54, 1.807) is 25.3 Å². The zero-order valence-corrected chi connectivity index (χ0v) is 26.5. The van der Waals surface area contributed by atoms with Crippen LogP contribution in [0, 0.1) is 23.2 Å². The van der Waals surface area contributed by atoms with Crippen molar-refractivity contribution in [2.24, 2.45) is 23.2 Å². The van der Waals surface area contributed by atoms with Crippen molar-refractivity contribution in [3.63, 3.8) is 0 Å². The molecule has 3 aliphatic heterocycles. The number of rotatable bonds is 7. The van der Waals surface area contributed by atoms with Crippen molar-refractivity contribution < 1.29 is 48.6 Å². The number of aromatic hydroxyl groups is 1. The van der Waals surface area contributed by atoms with E-state index in [9.17, 15) is 24.9 Å². The summed E-state index contributed by atoms with van der Waals surface area (Å²) in [6.45, 7) is 11.5. The molecule has 242 valence electrons. The van der Waals surface area contributed by atoms with Crippen LogP contribution in [0.15, 0.2) is 24.3 Å². The molecule has 3 fully saturated rings. The number of esters is 2. The summed E-state index contributed by atoms with van der Waals surface area (Å²) in [4.78, 5) is 26.1. The van der Waals surface area contributed by atoms with Crippen LogP contribution in [0.3, 0.4) is 0 Å². The fraction of sp³-hybridized carbons (Fsp3) is 0.758. The van der Waals surface area contributed by atoms with Crippen LogP contribution >= 0.6 is 0 Å². The second kappa shape index (κ2) is 13.4. The average Bonchev–Trinajstić information content (AvgIpc) is 2.91. The van der Waals surface area contributed by atoms with Gasteiger partial charge >= 0.3 is 11.9 Å². The standard InChI is InChI=1S/C33H50O10/c1-18(11-12-24(39-7)22-9-8-10-23(35)13-22)30-20(3)25-14-27(42-30)31-32(5,6)16-19(2)33(38,43-31)17-29(37)41-26(21(4)34)15-28(36)40-25/h8-10,13,18-21,24-27,30-31,34-35,38H,11-12,14-17H2,1-7H3/t18-,19+,20-,21+,24-,25-,26+,27?,30+,31?,33-/m0/s1. The molecule has 0 saturated carbocycles. The molecule has 0 radical (unpaired) electrons. The molecule has 0 aromatic heterocycles. The molecule has 10 nitrogen and oxygen atoms in total. The molecule has 4 bridgehead atoms. The number of aliphatic hydroxyl groups excluding tert-OH is 1. The van der Waals surface area contributed by atoms with Crippen molar-refractivity contribution in [3.8, 4) is 5.75 Å². The van der Waals surface area contributed by atoms with Crippen LogP contribution in [0.5, 0.6) is 5.75 Å². The Labute approximate surface area is 255 Å². The quantitative estimate of drug-likeness (QED) is 0.382. The predicted octanol–water partition coefficient (Wildman–Crippen LogP) is 4.43. The maximum absolute atomic E-state index is 13.2. The lowest BCUT2D eigenvalue weighted by Gasteiger charge is -2.54. The van der Waals surface area contributed by atoms with Crippen LogP contribution in [0.2, 0.25) is 0 Å². The van der Waals surface area contributed by atoms with Crippen LogP contribution in [-0.4, -0.2) is 76.8 Å². The largest absolute Gasteiger partial charge is 0.508 e. The smallest absolute Gasteiger partial charge is 0.311 e. The number of hydrogen-bond acceptors (Lipinski definition) is 10. The Kier molecular flexibility index (Phi) is 10.5. The molecule has 3 heterocycles. The molecule has 3 N–H and O–H groups in total. The summed E-state index contributed by atoms with van der Waals surface area (Å²) >= 11 is 0. The van der Waals surface area contributed by atoms with Gasteiger partial charge in [0.05, 0.1) is 43.4 Å². The summed E-state index contributed by atoms with van der Waals surface area (Å²) < 4.78 is 30.5. The van der Waals surface area contributed by atoms with E-state index in [0.29, 0.717) is 19.3 Å². The molecule has 0 spiro atoms. The summed E-state index contributed by atoms with van der Waals surface area (Å²) in [5, 5.41) is 31.9. The fourth-order valence-corrected chi connectivity index (χ4v) is 7.23. The van der Waals surface area contributed by atoms with Crippen molar-refractivity contribution in [2.45, 2.75) is 129 Å². The average molecular weight is 607 g/mol. The fourth-order valence-electron chi connectivity index (χ4n) is 7.23. The van der Waals surface area contributed by atoms with Gasteiger partial charge in [-0.15, -0.1) is 0 Å². The summed E-state index contributed by atoms with van der Waals surface area (Å²) in [6, 6.07) is 7.05. The third-order valence-corrected chi connectivity index (χ3v) is 9.78. The van der Waals surface area contributed by atoms with Gasteiger partial charge in [0.1, 0.15) is 18.0 Å². The maximum Gasteiger partial charge on any atom is 0.311 e. The number of benzene rings is 1. The van der Waals surface area contributed by atoms with Crippen LogP contribution in [-0.2, 0) is 33.3 Å². The zero-order chi connectivity index (χ0) is 31.7. The van der Waals surface area contributed by atoms with E-state index in [1.165, 1.54) is 6.92 Å². The van der Waals surface area contributed by atoms with Gasteiger partial charge in [-0.25, -0.2) is 0 Å². The molecule has 43 heavy (non-hydrogen) atoms. The SMILES string of the molecule is CO[C@@H](CC[C@H](C)[C@H]1OC2C[C@H](OC(=O)C[C@H]([C@@H](C)O)OC(=O)C[C@]3(O)OC2C(C)(C)C[C@H]3C)[C@@H]1C)c1cccc(O)c1. The van der Waals surface area contributed by atoms with E-state index < -0.39 is 60.1 Å². The summed E-state index contributed by atoms with van der Waals surface area (Å²) in [5.41, 5.74) is 0.472. The summed E-state index contributed by atoms with van der Waals surface area (Å²) in [5.74, 6) is -3.45. The van der Waals surface area contributed by atoms with Gasteiger partial charge in [-0.2, -0.15) is 0 Å². The molecular weight excluding hydrogens is 556 g/mol. The summed E-state index contributed by atoms with van der Waals surface area (Å²) in [6.07, 6.45) is -2.73. The molecule has 11 atom stereocenters. The monoisotopic (exact) mass is 606 g/mol. The van der Waals surface area contributed by atoms with Gasteiger partial charge in [0.2, 0.25) is 0 Å². The molecule has 1 aromatic rings. The van der Waals surface area contributed by atoms with Gasteiger partial charge in [-0.05, 0) is 55.2 Å². The Bertz CT molecular complexity index is 1120. The van der Waals surface area contributed by atoms with Gasteiger partial charge in [-0.3, -0.25) is 9.59 Å². The number of ether oxygens (including phenoxy) is 5. The first-order valence-electron chi connectivity index (χ1n) is 15.6. The predicted molar refractivity (Wildman–Crippen MR) is 157 cm³/mol. The van der Waals surface area contributed by atoms with Crippen LogP contribution < -0.4 is 0 Å². The van der Waals surface area contributed by atoms with E-state index >= 15 is 0 Å². The Morgan fingerprint density at radius 3 is 2.44 bits per heavy atom. The first kappa shape index (κ1) is 33.6. The Balaban J connectivity index is 1.62. The van der Waals surface area contributed by atoms with Gasteiger partial charge in [0.25, 0.3) is 0 Å². The number of phenolic OH excluding ortho intramolecular Hbond substituents is 1. The number of fused-ring (bicyclic) bond motifs is 5. The molecule has 0 aliphatic carbocycles. The van der Waals surface area contributed by atoms with Gasteiger partial charge in [0, 0.05) is 25.4 Å². The van der Waals surface area contributed by atoms with Crippen molar-refractivity contribution in [2.75, 3.05) is 7.11 Å². The van der Waals surface area contributed by atoms with Crippen molar-refractivity contribution in [3.05, 3.63) is 29.8 Å². The third kappa shape index (κ3) is 7.71. The highest BCUT2D eigenvalue weighted by Crippen LogP contribution is 2.49. The third-order valence-electron chi connectivity index (χ3n) is 9.78. The highest BCUT2D eigenvalue weighted by atomic mass is 16.7. The second-order valence-electron chi connectivity index (χ2n) is 13.8. The van der Waals surface area contributed by atoms with Crippen LogP contribution in [0.1, 0.15) is 91.7 Å². The van der Waals surface area contributed by atoms with E-state index in [0.717, 1.165) is 12.0 Å². The molecule has 2 unspecified atom stereocenters. The zero-order valence-electron chi connectivity index (χ0n) is 26.5. The Hall–Kier alpha value is -2.24. The lowest BCUT2D eigenvalue weighted by Crippen LogP contribution is -2.61. The number of phenols is 1. The van der Waals surface area contributed by atoms with Gasteiger partial charge in [-0.1, -0.05) is 46.8 Å². The number of methoxy groups -OCH3 is 1. The Morgan fingerprint density at radius 2 is 1.79 bits per heavy atom. The number of aliphatic hydroxyl groups is 2. The first-order valence-corrected chi connectivity index (χ1v) is 15.6. The van der Waals surface area contributed by atoms with Crippen LogP contribution in [0.4, 0.5) is 0 Å².